The van der Waals surface area contributed by atoms with E-state index in [9.17, 15) is 15.0 Å². The van der Waals surface area contributed by atoms with Crippen LogP contribution < -0.4 is 0 Å². The SMILES string of the molecule is CCCCC(C)CC1C(COCC(=O)O)O[C@H](CC(C)CCCC)C(O)C1O. The molecule has 28 heavy (non-hydrogen) atoms. The molecule has 0 saturated carbocycles. The molecule has 0 aromatic carbocycles. The van der Waals surface area contributed by atoms with E-state index in [1.807, 2.05) is 0 Å². The van der Waals surface area contributed by atoms with Gasteiger partial charge in [-0.25, -0.2) is 4.79 Å². The second-order valence-corrected chi connectivity index (χ2v) is 8.73. The molecule has 1 saturated heterocycles. The summed E-state index contributed by atoms with van der Waals surface area (Å²) in [5.41, 5.74) is 0. The molecule has 1 aliphatic heterocycles. The highest BCUT2D eigenvalue weighted by atomic mass is 16.6. The number of aliphatic hydroxyl groups excluding tert-OH is 2. The minimum Gasteiger partial charge on any atom is -0.480 e. The topological polar surface area (TPSA) is 96.2 Å². The minimum atomic E-state index is -1.02. The Labute approximate surface area is 170 Å². The van der Waals surface area contributed by atoms with Crippen LogP contribution in [0.2, 0.25) is 0 Å². The highest BCUT2D eigenvalue weighted by Crippen LogP contribution is 2.35. The van der Waals surface area contributed by atoms with Crippen LogP contribution in [-0.2, 0) is 14.3 Å². The van der Waals surface area contributed by atoms with E-state index < -0.39 is 30.4 Å². The van der Waals surface area contributed by atoms with Gasteiger partial charge in [-0.15, -0.1) is 0 Å². The summed E-state index contributed by atoms with van der Waals surface area (Å²) >= 11 is 0. The minimum absolute atomic E-state index is 0.126. The lowest BCUT2D eigenvalue weighted by molar-refractivity contribution is -0.219. The lowest BCUT2D eigenvalue weighted by Gasteiger charge is -2.44. The van der Waals surface area contributed by atoms with Crippen LogP contribution in [0.3, 0.4) is 0 Å². The Morgan fingerprint density at radius 1 is 0.964 bits per heavy atom. The number of carbonyl (C=O) groups is 1. The van der Waals surface area contributed by atoms with E-state index in [1.165, 1.54) is 0 Å². The van der Waals surface area contributed by atoms with Gasteiger partial charge >= 0.3 is 5.97 Å². The van der Waals surface area contributed by atoms with Gasteiger partial charge in [0, 0.05) is 5.92 Å². The highest BCUT2D eigenvalue weighted by Gasteiger charge is 2.44. The van der Waals surface area contributed by atoms with Crippen LogP contribution in [0.5, 0.6) is 0 Å². The second-order valence-electron chi connectivity index (χ2n) is 8.73. The van der Waals surface area contributed by atoms with Crippen LogP contribution in [-0.4, -0.2) is 58.9 Å². The monoisotopic (exact) mass is 402 g/mol. The summed E-state index contributed by atoms with van der Waals surface area (Å²) in [7, 11) is 0. The maximum atomic E-state index is 10.8. The average molecular weight is 403 g/mol. The summed E-state index contributed by atoms with van der Waals surface area (Å²) in [6.07, 6.45) is 5.44. The zero-order valence-corrected chi connectivity index (χ0v) is 18.2. The van der Waals surface area contributed by atoms with Gasteiger partial charge in [0.05, 0.1) is 24.9 Å². The molecule has 0 aliphatic carbocycles. The van der Waals surface area contributed by atoms with Gasteiger partial charge < -0.3 is 24.8 Å². The molecule has 1 heterocycles. The Balaban J connectivity index is 2.78. The van der Waals surface area contributed by atoms with Gasteiger partial charge in [0.2, 0.25) is 0 Å². The van der Waals surface area contributed by atoms with Crippen molar-refractivity contribution in [3.8, 4) is 0 Å². The Morgan fingerprint density at radius 2 is 1.54 bits per heavy atom. The standard InChI is InChI=1S/C22H42O6/c1-5-7-9-15(3)11-17-19(13-27-14-20(23)24)28-18(22(26)21(17)25)12-16(4)10-8-6-2/h15-19,21-22,25-26H,5-14H2,1-4H3,(H,23,24)/t15?,16?,17?,18-,19?,21?,22?/m1/s1. The summed E-state index contributed by atoms with van der Waals surface area (Å²) in [5, 5.41) is 30.4. The summed E-state index contributed by atoms with van der Waals surface area (Å²) < 4.78 is 11.5. The Morgan fingerprint density at radius 3 is 2.07 bits per heavy atom. The first-order chi connectivity index (χ1) is 13.3. The van der Waals surface area contributed by atoms with Gasteiger partial charge in [-0.3, -0.25) is 0 Å². The van der Waals surface area contributed by atoms with E-state index in [0.717, 1.165) is 44.9 Å². The van der Waals surface area contributed by atoms with E-state index in [4.69, 9.17) is 14.6 Å². The van der Waals surface area contributed by atoms with E-state index in [-0.39, 0.29) is 19.1 Å². The van der Waals surface area contributed by atoms with Crippen LogP contribution in [0.25, 0.3) is 0 Å². The maximum absolute atomic E-state index is 10.8. The normalized spacial score (nSPS) is 30.1. The molecule has 166 valence electrons. The molecule has 3 N–H and O–H groups in total. The van der Waals surface area contributed by atoms with Crippen molar-refractivity contribution >= 4 is 5.97 Å². The molecule has 0 radical (unpaired) electrons. The third-order valence-corrected chi connectivity index (χ3v) is 5.91. The summed E-state index contributed by atoms with van der Waals surface area (Å²) in [6.45, 7) is 8.36. The first-order valence-electron chi connectivity index (χ1n) is 11.1. The van der Waals surface area contributed by atoms with Gasteiger partial charge in [0.1, 0.15) is 12.7 Å². The fourth-order valence-electron chi connectivity index (χ4n) is 4.21. The molecule has 1 rings (SSSR count). The third kappa shape index (κ3) is 8.76. The fourth-order valence-corrected chi connectivity index (χ4v) is 4.21. The van der Waals surface area contributed by atoms with Crippen molar-refractivity contribution in [1.29, 1.82) is 0 Å². The molecule has 0 amide bonds. The molecule has 1 aliphatic rings. The number of ether oxygens (including phenoxy) is 2. The molecule has 6 unspecified atom stereocenters. The molecule has 0 bridgehead atoms. The van der Waals surface area contributed by atoms with Gasteiger partial charge in [0.15, 0.2) is 0 Å². The van der Waals surface area contributed by atoms with Crippen LogP contribution in [0.15, 0.2) is 0 Å². The third-order valence-electron chi connectivity index (χ3n) is 5.91. The number of carboxylic acid groups (broad SMARTS) is 1. The number of aliphatic hydroxyl groups is 2. The van der Waals surface area contributed by atoms with Gasteiger partial charge in [-0.1, -0.05) is 66.2 Å². The molecule has 0 aromatic heterocycles. The van der Waals surface area contributed by atoms with Crippen LogP contribution in [0.1, 0.15) is 79.1 Å². The largest absolute Gasteiger partial charge is 0.480 e. The predicted octanol–water partition coefficient (Wildman–Crippen LogP) is 3.63. The van der Waals surface area contributed by atoms with E-state index in [0.29, 0.717) is 18.3 Å². The number of hydrogen-bond acceptors (Lipinski definition) is 5. The highest BCUT2D eigenvalue weighted by molar-refractivity contribution is 5.67. The summed E-state index contributed by atoms with van der Waals surface area (Å²) in [6, 6.07) is 0. The van der Waals surface area contributed by atoms with Crippen molar-refractivity contribution in [3.05, 3.63) is 0 Å². The number of hydrogen-bond donors (Lipinski definition) is 3. The van der Waals surface area contributed by atoms with E-state index in [2.05, 4.69) is 27.7 Å². The molecular weight excluding hydrogens is 360 g/mol. The summed E-state index contributed by atoms with van der Waals surface area (Å²) in [5.74, 6) is -0.475. The average Bonchev–Trinajstić information content (AvgIpc) is 2.65. The Bertz CT molecular complexity index is 429. The molecule has 0 aromatic rings. The van der Waals surface area contributed by atoms with Gasteiger partial charge in [0.25, 0.3) is 0 Å². The van der Waals surface area contributed by atoms with Crippen molar-refractivity contribution in [1.82, 2.24) is 0 Å². The zero-order chi connectivity index (χ0) is 21.1. The maximum Gasteiger partial charge on any atom is 0.329 e. The molecule has 0 spiro atoms. The Hall–Kier alpha value is -0.690. The van der Waals surface area contributed by atoms with Gasteiger partial charge in [-0.05, 0) is 24.7 Å². The van der Waals surface area contributed by atoms with Crippen LogP contribution in [0.4, 0.5) is 0 Å². The molecule has 6 nitrogen and oxygen atoms in total. The predicted molar refractivity (Wildman–Crippen MR) is 109 cm³/mol. The van der Waals surface area contributed by atoms with Crippen molar-refractivity contribution in [3.63, 3.8) is 0 Å². The van der Waals surface area contributed by atoms with Gasteiger partial charge in [-0.2, -0.15) is 0 Å². The molecule has 7 atom stereocenters. The second kappa shape index (κ2) is 13.5. The van der Waals surface area contributed by atoms with Crippen LogP contribution in [0, 0.1) is 17.8 Å². The first-order valence-corrected chi connectivity index (χ1v) is 11.1. The molecule has 1 fully saturated rings. The first kappa shape index (κ1) is 25.3. The lowest BCUT2D eigenvalue weighted by Crippen LogP contribution is -2.56. The quantitative estimate of drug-likeness (QED) is 0.411. The van der Waals surface area contributed by atoms with Crippen molar-refractivity contribution in [2.45, 2.75) is 103 Å². The fraction of sp³-hybridized carbons (Fsp3) is 0.955. The van der Waals surface area contributed by atoms with Crippen molar-refractivity contribution < 1.29 is 29.6 Å². The lowest BCUT2D eigenvalue weighted by atomic mass is 9.78. The smallest absolute Gasteiger partial charge is 0.329 e. The molecular formula is C22H42O6. The number of rotatable bonds is 14. The van der Waals surface area contributed by atoms with E-state index in [1.54, 1.807) is 0 Å². The zero-order valence-electron chi connectivity index (χ0n) is 18.2. The number of unbranched alkanes of at least 4 members (excludes halogenated alkanes) is 2. The Kier molecular flexibility index (Phi) is 12.2. The van der Waals surface area contributed by atoms with Crippen molar-refractivity contribution in [2.75, 3.05) is 13.2 Å². The van der Waals surface area contributed by atoms with Crippen LogP contribution >= 0.6 is 0 Å². The molecule has 6 heteroatoms. The summed E-state index contributed by atoms with van der Waals surface area (Å²) in [4.78, 5) is 10.8. The van der Waals surface area contributed by atoms with E-state index >= 15 is 0 Å². The number of aliphatic carboxylic acids is 1. The van der Waals surface area contributed by atoms with Crippen molar-refractivity contribution in [2.24, 2.45) is 17.8 Å². The number of carboxylic acids is 1.